The predicted molar refractivity (Wildman–Crippen MR) is 107 cm³/mol. The number of rotatable bonds is 8. The highest BCUT2D eigenvalue weighted by Crippen LogP contribution is 2.23. The Kier molecular flexibility index (Phi) is 8.13. The fraction of sp³-hybridized carbons (Fsp3) is 0.300. The van der Waals surface area contributed by atoms with Crippen LogP contribution < -0.4 is 20.3 Å². The van der Waals surface area contributed by atoms with Crippen molar-refractivity contribution < 1.29 is 19.1 Å². The molecule has 0 radical (unpaired) electrons. The van der Waals surface area contributed by atoms with Gasteiger partial charge >= 0.3 is 0 Å². The van der Waals surface area contributed by atoms with E-state index in [9.17, 15) is 9.59 Å². The Morgan fingerprint density at radius 2 is 1.74 bits per heavy atom. The van der Waals surface area contributed by atoms with Gasteiger partial charge in [-0.3, -0.25) is 20.4 Å². The fourth-order valence-electron chi connectivity index (χ4n) is 2.22. The number of hydrogen-bond acceptors (Lipinski definition) is 4. The molecule has 27 heavy (non-hydrogen) atoms. The molecule has 2 aromatic carbocycles. The zero-order valence-electron chi connectivity index (χ0n) is 15.4. The highest BCUT2D eigenvalue weighted by atomic mass is 79.9. The van der Waals surface area contributed by atoms with E-state index in [2.05, 4.69) is 33.7 Å². The number of amides is 2. The van der Waals surface area contributed by atoms with Crippen LogP contribution in [0.1, 0.15) is 36.2 Å². The SMILES string of the molecule is CCCOc1ccc(Br)cc1C(=O)NNC(=O)COc1ccc(CC)cc1. The quantitative estimate of drug-likeness (QED) is 0.621. The number of aryl methyl sites for hydroxylation is 1. The zero-order chi connectivity index (χ0) is 19.6. The van der Waals surface area contributed by atoms with E-state index in [0.29, 0.717) is 23.7 Å². The molecule has 2 aromatic rings. The van der Waals surface area contributed by atoms with Crippen molar-refractivity contribution in [2.24, 2.45) is 0 Å². The van der Waals surface area contributed by atoms with Gasteiger partial charge in [-0.15, -0.1) is 0 Å². The molecule has 0 saturated carbocycles. The summed E-state index contributed by atoms with van der Waals surface area (Å²) in [4.78, 5) is 24.3. The summed E-state index contributed by atoms with van der Waals surface area (Å²) in [6.07, 6.45) is 1.76. The number of hydrazine groups is 1. The molecule has 2 N–H and O–H groups in total. The van der Waals surface area contributed by atoms with Crippen molar-refractivity contribution in [1.29, 1.82) is 0 Å². The smallest absolute Gasteiger partial charge is 0.276 e. The number of hydrogen-bond donors (Lipinski definition) is 2. The molecule has 0 unspecified atom stereocenters. The molecule has 6 nitrogen and oxygen atoms in total. The van der Waals surface area contributed by atoms with Gasteiger partial charge in [0.25, 0.3) is 11.8 Å². The number of halogens is 1. The van der Waals surface area contributed by atoms with Crippen molar-refractivity contribution >= 4 is 27.7 Å². The molecule has 0 fully saturated rings. The monoisotopic (exact) mass is 434 g/mol. The summed E-state index contributed by atoms with van der Waals surface area (Å²) in [5.74, 6) is 0.118. The molecule has 0 aromatic heterocycles. The number of benzene rings is 2. The lowest BCUT2D eigenvalue weighted by atomic mass is 10.2. The molecule has 0 saturated heterocycles. The summed E-state index contributed by atoms with van der Waals surface area (Å²) in [7, 11) is 0. The van der Waals surface area contributed by atoms with Crippen LogP contribution >= 0.6 is 15.9 Å². The molecule has 0 aliphatic rings. The first-order chi connectivity index (χ1) is 13.0. The summed E-state index contributed by atoms with van der Waals surface area (Å²) in [5.41, 5.74) is 6.24. The van der Waals surface area contributed by atoms with Crippen LogP contribution in [0.4, 0.5) is 0 Å². The third-order valence-electron chi connectivity index (χ3n) is 3.66. The number of ether oxygens (including phenoxy) is 2. The average molecular weight is 435 g/mol. The Hall–Kier alpha value is -2.54. The van der Waals surface area contributed by atoms with E-state index in [4.69, 9.17) is 9.47 Å². The van der Waals surface area contributed by atoms with Crippen LogP contribution in [0.2, 0.25) is 0 Å². The van der Waals surface area contributed by atoms with Crippen molar-refractivity contribution in [3.05, 3.63) is 58.1 Å². The Morgan fingerprint density at radius 3 is 2.41 bits per heavy atom. The normalized spacial score (nSPS) is 10.2. The van der Waals surface area contributed by atoms with Crippen LogP contribution in [0, 0.1) is 0 Å². The minimum absolute atomic E-state index is 0.205. The minimum Gasteiger partial charge on any atom is -0.493 e. The molecule has 0 atom stereocenters. The highest BCUT2D eigenvalue weighted by Gasteiger charge is 2.14. The first-order valence-electron chi connectivity index (χ1n) is 8.76. The van der Waals surface area contributed by atoms with Crippen molar-refractivity contribution in [2.45, 2.75) is 26.7 Å². The summed E-state index contributed by atoms with van der Waals surface area (Å²) in [6, 6.07) is 12.6. The van der Waals surface area contributed by atoms with Crippen LogP contribution in [0.3, 0.4) is 0 Å². The van der Waals surface area contributed by atoms with Gasteiger partial charge in [-0.1, -0.05) is 41.9 Å². The highest BCUT2D eigenvalue weighted by molar-refractivity contribution is 9.10. The minimum atomic E-state index is -0.469. The Balaban J connectivity index is 1.87. The largest absolute Gasteiger partial charge is 0.493 e. The Labute approximate surface area is 167 Å². The molecular formula is C20H23BrN2O4. The van der Waals surface area contributed by atoms with E-state index in [1.807, 2.05) is 31.2 Å². The average Bonchev–Trinajstić information content (AvgIpc) is 2.69. The molecule has 0 aliphatic carbocycles. The predicted octanol–water partition coefficient (Wildman–Crippen LogP) is 3.64. The third-order valence-corrected chi connectivity index (χ3v) is 4.16. The lowest BCUT2D eigenvalue weighted by molar-refractivity contribution is -0.123. The van der Waals surface area contributed by atoms with Crippen molar-refractivity contribution in [2.75, 3.05) is 13.2 Å². The molecule has 7 heteroatoms. The van der Waals surface area contributed by atoms with Gasteiger partial charge < -0.3 is 9.47 Å². The van der Waals surface area contributed by atoms with Crippen LogP contribution in [-0.2, 0) is 11.2 Å². The summed E-state index contributed by atoms with van der Waals surface area (Å²) >= 11 is 3.33. The second-order valence-electron chi connectivity index (χ2n) is 5.78. The lowest BCUT2D eigenvalue weighted by Crippen LogP contribution is -2.44. The van der Waals surface area contributed by atoms with E-state index in [1.54, 1.807) is 18.2 Å². The molecule has 0 aliphatic heterocycles. The summed E-state index contributed by atoms with van der Waals surface area (Å²) in [5, 5.41) is 0. The van der Waals surface area contributed by atoms with Crippen molar-refractivity contribution in [3.8, 4) is 11.5 Å². The van der Waals surface area contributed by atoms with Gasteiger partial charge in [-0.25, -0.2) is 0 Å². The van der Waals surface area contributed by atoms with E-state index in [0.717, 1.165) is 17.3 Å². The second kappa shape index (κ2) is 10.6. The van der Waals surface area contributed by atoms with Crippen LogP contribution in [0.5, 0.6) is 11.5 Å². The molecule has 2 amide bonds. The van der Waals surface area contributed by atoms with E-state index in [-0.39, 0.29) is 6.61 Å². The Morgan fingerprint density at radius 1 is 1.00 bits per heavy atom. The maximum absolute atomic E-state index is 12.4. The third kappa shape index (κ3) is 6.60. The zero-order valence-corrected chi connectivity index (χ0v) is 17.0. The maximum atomic E-state index is 12.4. The summed E-state index contributed by atoms with van der Waals surface area (Å²) in [6.45, 7) is 4.34. The molecule has 144 valence electrons. The lowest BCUT2D eigenvalue weighted by Gasteiger charge is -2.13. The van der Waals surface area contributed by atoms with E-state index < -0.39 is 11.8 Å². The number of carbonyl (C=O) groups is 2. The molecule has 0 spiro atoms. The molecular weight excluding hydrogens is 412 g/mol. The Bertz CT molecular complexity index is 778. The number of carbonyl (C=O) groups excluding carboxylic acids is 2. The fourth-order valence-corrected chi connectivity index (χ4v) is 2.58. The van der Waals surface area contributed by atoms with E-state index in [1.165, 1.54) is 5.56 Å². The second-order valence-corrected chi connectivity index (χ2v) is 6.69. The van der Waals surface area contributed by atoms with Gasteiger partial charge in [0.05, 0.1) is 12.2 Å². The van der Waals surface area contributed by atoms with Gasteiger partial charge in [0.15, 0.2) is 6.61 Å². The van der Waals surface area contributed by atoms with Gasteiger partial charge in [0.1, 0.15) is 11.5 Å². The van der Waals surface area contributed by atoms with Crippen LogP contribution in [-0.4, -0.2) is 25.0 Å². The maximum Gasteiger partial charge on any atom is 0.276 e. The first kappa shape index (κ1) is 20.8. The van der Waals surface area contributed by atoms with E-state index >= 15 is 0 Å². The number of nitrogens with one attached hydrogen (secondary N) is 2. The van der Waals surface area contributed by atoms with Gasteiger partial charge in [-0.2, -0.15) is 0 Å². The van der Waals surface area contributed by atoms with Gasteiger partial charge in [0, 0.05) is 4.47 Å². The van der Waals surface area contributed by atoms with Crippen LogP contribution in [0.25, 0.3) is 0 Å². The van der Waals surface area contributed by atoms with Gasteiger partial charge in [-0.05, 0) is 48.7 Å². The standard InChI is InChI=1S/C20H23BrN2O4/c1-3-11-26-18-10-7-15(21)12-17(18)20(25)23-22-19(24)13-27-16-8-5-14(4-2)6-9-16/h5-10,12H,3-4,11,13H2,1-2H3,(H,22,24)(H,23,25). The molecule has 0 heterocycles. The topological polar surface area (TPSA) is 76.7 Å². The molecule has 2 rings (SSSR count). The summed E-state index contributed by atoms with van der Waals surface area (Å²) < 4.78 is 11.7. The van der Waals surface area contributed by atoms with Crippen LogP contribution in [0.15, 0.2) is 46.9 Å². The van der Waals surface area contributed by atoms with Gasteiger partial charge in [0.2, 0.25) is 0 Å². The van der Waals surface area contributed by atoms with Crippen molar-refractivity contribution in [3.63, 3.8) is 0 Å². The molecule has 0 bridgehead atoms. The van der Waals surface area contributed by atoms with Crippen molar-refractivity contribution in [1.82, 2.24) is 10.9 Å². The first-order valence-corrected chi connectivity index (χ1v) is 9.56.